The molecular formula is C13H24N4. The van der Waals surface area contributed by atoms with Crippen LogP contribution in [0.5, 0.6) is 0 Å². The Kier molecular flexibility index (Phi) is 5.35. The second-order valence-electron chi connectivity index (χ2n) is 4.50. The SMILES string of the molecule is CCc1cc(N(CC)CC(C)CN)nc(C)n1. The van der Waals surface area contributed by atoms with Crippen LogP contribution < -0.4 is 10.6 Å². The Morgan fingerprint density at radius 2 is 2.06 bits per heavy atom. The van der Waals surface area contributed by atoms with Crippen LogP contribution in [-0.2, 0) is 6.42 Å². The molecule has 0 aliphatic rings. The molecule has 0 saturated carbocycles. The summed E-state index contributed by atoms with van der Waals surface area (Å²) >= 11 is 0. The van der Waals surface area contributed by atoms with Gasteiger partial charge in [-0.25, -0.2) is 9.97 Å². The molecule has 1 aromatic heterocycles. The minimum Gasteiger partial charge on any atom is -0.356 e. The Balaban J connectivity index is 2.90. The van der Waals surface area contributed by atoms with Crippen molar-refractivity contribution in [1.29, 1.82) is 0 Å². The maximum Gasteiger partial charge on any atom is 0.132 e. The number of hydrogen-bond donors (Lipinski definition) is 1. The predicted molar refractivity (Wildman–Crippen MR) is 72.3 cm³/mol. The minimum absolute atomic E-state index is 0.482. The Labute approximate surface area is 104 Å². The minimum atomic E-state index is 0.482. The largest absolute Gasteiger partial charge is 0.356 e. The molecule has 0 aliphatic carbocycles. The van der Waals surface area contributed by atoms with Crippen LogP contribution in [0.15, 0.2) is 6.07 Å². The van der Waals surface area contributed by atoms with E-state index >= 15 is 0 Å². The Bertz CT molecular complexity index is 351. The first-order valence-electron chi connectivity index (χ1n) is 6.40. The van der Waals surface area contributed by atoms with Gasteiger partial charge in [-0.15, -0.1) is 0 Å². The van der Waals surface area contributed by atoms with Crippen molar-refractivity contribution in [2.24, 2.45) is 11.7 Å². The fourth-order valence-corrected chi connectivity index (χ4v) is 1.79. The highest BCUT2D eigenvalue weighted by Crippen LogP contribution is 2.14. The molecule has 0 spiro atoms. The van der Waals surface area contributed by atoms with Crippen LogP contribution in [0.25, 0.3) is 0 Å². The zero-order chi connectivity index (χ0) is 12.8. The Morgan fingerprint density at radius 1 is 1.35 bits per heavy atom. The van der Waals surface area contributed by atoms with Gasteiger partial charge in [0.15, 0.2) is 0 Å². The average Bonchev–Trinajstić information content (AvgIpc) is 2.34. The molecule has 1 aromatic rings. The third-order valence-electron chi connectivity index (χ3n) is 2.88. The second-order valence-corrected chi connectivity index (χ2v) is 4.50. The average molecular weight is 236 g/mol. The topological polar surface area (TPSA) is 55.0 Å². The molecule has 0 saturated heterocycles. The van der Waals surface area contributed by atoms with Crippen LogP contribution in [0.1, 0.15) is 32.3 Å². The highest BCUT2D eigenvalue weighted by molar-refractivity contribution is 5.39. The molecule has 0 bridgehead atoms. The summed E-state index contributed by atoms with van der Waals surface area (Å²) in [5.41, 5.74) is 6.78. The standard InChI is InChI=1S/C13H24N4/c1-5-12-7-13(16-11(4)15-12)17(6-2)9-10(3)8-14/h7,10H,5-6,8-9,14H2,1-4H3. The van der Waals surface area contributed by atoms with Crippen LogP contribution in [0.2, 0.25) is 0 Å². The number of aromatic nitrogens is 2. The summed E-state index contributed by atoms with van der Waals surface area (Å²) in [6.45, 7) is 11.0. The summed E-state index contributed by atoms with van der Waals surface area (Å²) in [6, 6.07) is 2.08. The second kappa shape index (κ2) is 6.55. The normalized spacial score (nSPS) is 12.5. The molecule has 0 aliphatic heterocycles. The zero-order valence-electron chi connectivity index (χ0n) is 11.4. The van der Waals surface area contributed by atoms with E-state index in [1.54, 1.807) is 0 Å². The number of rotatable bonds is 6. The van der Waals surface area contributed by atoms with Gasteiger partial charge < -0.3 is 10.6 Å². The van der Waals surface area contributed by atoms with Crippen molar-refractivity contribution in [3.8, 4) is 0 Å². The quantitative estimate of drug-likeness (QED) is 0.818. The summed E-state index contributed by atoms with van der Waals surface area (Å²) in [5.74, 6) is 2.35. The smallest absolute Gasteiger partial charge is 0.132 e. The zero-order valence-corrected chi connectivity index (χ0v) is 11.4. The molecule has 1 heterocycles. The first-order chi connectivity index (χ1) is 8.10. The van der Waals surface area contributed by atoms with E-state index < -0.39 is 0 Å². The molecule has 2 N–H and O–H groups in total. The maximum atomic E-state index is 5.68. The van der Waals surface area contributed by atoms with Crippen LogP contribution in [0, 0.1) is 12.8 Å². The third kappa shape index (κ3) is 3.97. The number of anilines is 1. The maximum absolute atomic E-state index is 5.68. The first kappa shape index (κ1) is 13.9. The molecule has 0 radical (unpaired) electrons. The molecule has 4 nitrogen and oxygen atoms in total. The molecule has 17 heavy (non-hydrogen) atoms. The summed E-state index contributed by atoms with van der Waals surface area (Å²) in [5, 5.41) is 0. The van der Waals surface area contributed by atoms with Crippen molar-refractivity contribution in [1.82, 2.24) is 9.97 Å². The fraction of sp³-hybridized carbons (Fsp3) is 0.692. The number of nitrogens with two attached hydrogens (primary N) is 1. The molecule has 0 amide bonds. The van der Waals surface area contributed by atoms with Gasteiger partial charge >= 0.3 is 0 Å². The monoisotopic (exact) mass is 236 g/mol. The van der Waals surface area contributed by atoms with Gasteiger partial charge in [0, 0.05) is 24.8 Å². The van der Waals surface area contributed by atoms with Crippen molar-refractivity contribution < 1.29 is 0 Å². The first-order valence-corrected chi connectivity index (χ1v) is 6.40. The lowest BCUT2D eigenvalue weighted by Gasteiger charge is -2.25. The van der Waals surface area contributed by atoms with Crippen LogP contribution in [0.3, 0.4) is 0 Å². The lowest BCUT2D eigenvalue weighted by atomic mass is 10.1. The van der Waals surface area contributed by atoms with Crippen molar-refractivity contribution >= 4 is 5.82 Å². The van der Waals surface area contributed by atoms with Crippen LogP contribution >= 0.6 is 0 Å². The van der Waals surface area contributed by atoms with E-state index in [2.05, 4.69) is 41.7 Å². The molecule has 0 fully saturated rings. The van der Waals surface area contributed by atoms with Crippen molar-refractivity contribution in [2.45, 2.75) is 34.1 Å². The highest BCUT2D eigenvalue weighted by atomic mass is 15.2. The van der Waals surface area contributed by atoms with Crippen molar-refractivity contribution in [2.75, 3.05) is 24.5 Å². The lowest BCUT2D eigenvalue weighted by molar-refractivity contribution is 0.572. The molecule has 0 aromatic carbocycles. The van der Waals surface area contributed by atoms with Crippen LogP contribution in [0.4, 0.5) is 5.82 Å². The molecular weight excluding hydrogens is 212 g/mol. The van der Waals surface area contributed by atoms with Gasteiger partial charge in [-0.2, -0.15) is 0 Å². The number of nitrogens with zero attached hydrogens (tertiary/aromatic N) is 3. The molecule has 4 heteroatoms. The van der Waals surface area contributed by atoms with Gasteiger partial charge in [-0.05, 0) is 32.7 Å². The van der Waals surface area contributed by atoms with Crippen molar-refractivity contribution in [3.63, 3.8) is 0 Å². The number of hydrogen-bond acceptors (Lipinski definition) is 4. The van der Waals surface area contributed by atoms with Gasteiger partial charge in [-0.1, -0.05) is 13.8 Å². The molecule has 1 rings (SSSR count). The number of aryl methyl sites for hydroxylation is 2. The summed E-state index contributed by atoms with van der Waals surface area (Å²) in [4.78, 5) is 11.2. The van der Waals surface area contributed by atoms with Gasteiger partial charge in [0.05, 0.1) is 0 Å². The molecule has 1 atom stereocenters. The summed E-state index contributed by atoms with van der Waals surface area (Å²) in [6.07, 6.45) is 0.945. The van der Waals surface area contributed by atoms with E-state index in [9.17, 15) is 0 Å². The van der Waals surface area contributed by atoms with E-state index in [1.807, 2.05) is 6.92 Å². The van der Waals surface area contributed by atoms with E-state index in [0.29, 0.717) is 12.5 Å². The highest BCUT2D eigenvalue weighted by Gasteiger charge is 2.11. The Morgan fingerprint density at radius 3 is 2.59 bits per heavy atom. The van der Waals surface area contributed by atoms with E-state index in [4.69, 9.17) is 5.73 Å². The van der Waals surface area contributed by atoms with Gasteiger partial charge in [0.2, 0.25) is 0 Å². The van der Waals surface area contributed by atoms with Gasteiger partial charge in [-0.3, -0.25) is 0 Å². The van der Waals surface area contributed by atoms with Crippen LogP contribution in [-0.4, -0.2) is 29.6 Å². The van der Waals surface area contributed by atoms with Crippen molar-refractivity contribution in [3.05, 3.63) is 17.6 Å². The van der Waals surface area contributed by atoms with E-state index in [1.165, 1.54) is 0 Å². The Hall–Kier alpha value is -1.16. The van der Waals surface area contributed by atoms with E-state index in [-0.39, 0.29) is 0 Å². The molecule has 96 valence electrons. The third-order valence-corrected chi connectivity index (χ3v) is 2.88. The van der Waals surface area contributed by atoms with Gasteiger partial charge in [0.25, 0.3) is 0 Å². The summed E-state index contributed by atoms with van der Waals surface area (Å²) in [7, 11) is 0. The van der Waals surface area contributed by atoms with E-state index in [0.717, 1.165) is 36.8 Å². The van der Waals surface area contributed by atoms with Gasteiger partial charge in [0.1, 0.15) is 11.6 Å². The fourth-order valence-electron chi connectivity index (χ4n) is 1.79. The summed E-state index contributed by atoms with van der Waals surface area (Å²) < 4.78 is 0. The lowest BCUT2D eigenvalue weighted by Crippen LogP contribution is -2.32. The predicted octanol–water partition coefficient (Wildman–Crippen LogP) is 1.77. The molecule has 1 unspecified atom stereocenters.